The Labute approximate surface area is 91.9 Å². The van der Waals surface area contributed by atoms with Crippen molar-refractivity contribution in [3.63, 3.8) is 0 Å². The third-order valence-corrected chi connectivity index (χ3v) is 2.10. The second kappa shape index (κ2) is 5.29. The van der Waals surface area contributed by atoms with Crippen LogP contribution in [0.5, 0.6) is 11.5 Å². The van der Waals surface area contributed by atoms with Crippen molar-refractivity contribution in [1.82, 2.24) is 3.53 Å². The lowest BCUT2D eigenvalue weighted by Gasteiger charge is -2.08. The average molecular weight is 293 g/mol. The molecule has 0 bridgehead atoms. The number of halogens is 1. The lowest BCUT2D eigenvalue weighted by atomic mass is 10.2. The lowest BCUT2D eigenvalue weighted by molar-refractivity contribution is 0.354. The summed E-state index contributed by atoms with van der Waals surface area (Å²) in [5, 5.41) is 0. The van der Waals surface area contributed by atoms with E-state index in [0.717, 1.165) is 18.0 Å². The molecule has 1 N–H and O–H groups in total. The Morgan fingerprint density at radius 3 is 2.46 bits per heavy atom. The van der Waals surface area contributed by atoms with Gasteiger partial charge in [-0.05, 0) is 17.7 Å². The van der Waals surface area contributed by atoms with E-state index in [9.17, 15) is 0 Å². The molecule has 0 radical (unpaired) electrons. The SMILES string of the molecule is COc1ccc(CNI)cc1OC. The fraction of sp³-hybridized carbons (Fsp3) is 0.333. The minimum Gasteiger partial charge on any atom is -0.493 e. The third-order valence-electron chi connectivity index (χ3n) is 1.72. The number of ether oxygens (including phenoxy) is 2. The highest BCUT2D eigenvalue weighted by atomic mass is 127. The summed E-state index contributed by atoms with van der Waals surface area (Å²) < 4.78 is 13.3. The molecule has 0 aliphatic heterocycles. The van der Waals surface area contributed by atoms with Gasteiger partial charge in [0.05, 0.1) is 14.2 Å². The van der Waals surface area contributed by atoms with Crippen LogP contribution in [-0.2, 0) is 6.54 Å². The summed E-state index contributed by atoms with van der Waals surface area (Å²) in [6.45, 7) is 0.820. The van der Waals surface area contributed by atoms with Gasteiger partial charge in [0.2, 0.25) is 0 Å². The number of rotatable bonds is 4. The molecule has 3 nitrogen and oxygen atoms in total. The van der Waals surface area contributed by atoms with Gasteiger partial charge >= 0.3 is 0 Å². The molecule has 0 aliphatic carbocycles. The normalized spacial score (nSPS) is 9.77. The highest BCUT2D eigenvalue weighted by molar-refractivity contribution is 14.1. The number of methoxy groups -OCH3 is 2. The first-order valence-corrected chi connectivity index (χ1v) is 4.94. The Morgan fingerprint density at radius 2 is 1.92 bits per heavy atom. The van der Waals surface area contributed by atoms with E-state index in [1.54, 1.807) is 14.2 Å². The van der Waals surface area contributed by atoms with Crippen molar-refractivity contribution >= 4 is 22.9 Å². The predicted octanol–water partition coefficient (Wildman–Crippen LogP) is 2.14. The molecule has 0 aliphatic rings. The van der Waals surface area contributed by atoms with Crippen molar-refractivity contribution in [3.8, 4) is 11.5 Å². The first-order chi connectivity index (χ1) is 6.31. The van der Waals surface area contributed by atoms with Crippen LogP contribution in [0.1, 0.15) is 5.56 Å². The predicted molar refractivity (Wildman–Crippen MR) is 60.4 cm³/mol. The van der Waals surface area contributed by atoms with Crippen molar-refractivity contribution in [2.24, 2.45) is 0 Å². The zero-order chi connectivity index (χ0) is 9.68. The minimum absolute atomic E-state index is 0.764. The van der Waals surface area contributed by atoms with Crippen LogP contribution < -0.4 is 13.0 Å². The largest absolute Gasteiger partial charge is 0.493 e. The quantitative estimate of drug-likeness (QED) is 0.681. The second-order valence-electron chi connectivity index (χ2n) is 2.50. The van der Waals surface area contributed by atoms with Crippen molar-refractivity contribution in [3.05, 3.63) is 23.8 Å². The zero-order valence-electron chi connectivity index (χ0n) is 7.63. The molecule has 0 heterocycles. The van der Waals surface area contributed by atoms with E-state index < -0.39 is 0 Å². The minimum atomic E-state index is 0.764. The summed E-state index contributed by atoms with van der Waals surface area (Å²) in [6.07, 6.45) is 0. The summed E-state index contributed by atoms with van der Waals surface area (Å²) in [7, 11) is 3.27. The van der Waals surface area contributed by atoms with Gasteiger partial charge in [-0.2, -0.15) is 0 Å². The van der Waals surface area contributed by atoms with E-state index in [1.807, 2.05) is 18.2 Å². The molecule has 72 valence electrons. The van der Waals surface area contributed by atoms with Crippen LogP contribution in [0.15, 0.2) is 18.2 Å². The van der Waals surface area contributed by atoms with E-state index in [4.69, 9.17) is 9.47 Å². The van der Waals surface area contributed by atoms with Gasteiger partial charge in [0.25, 0.3) is 0 Å². The van der Waals surface area contributed by atoms with Crippen LogP contribution in [0.25, 0.3) is 0 Å². The maximum absolute atomic E-state index is 5.17. The number of hydrogen-bond donors (Lipinski definition) is 1. The summed E-state index contributed by atoms with van der Waals surface area (Å²) >= 11 is 2.11. The van der Waals surface area contributed by atoms with Crippen molar-refractivity contribution in [1.29, 1.82) is 0 Å². The van der Waals surface area contributed by atoms with E-state index in [1.165, 1.54) is 5.56 Å². The Bertz CT molecular complexity index is 278. The number of nitrogens with one attached hydrogen (secondary N) is 1. The summed E-state index contributed by atoms with van der Waals surface area (Å²) in [4.78, 5) is 0. The van der Waals surface area contributed by atoms with E-state index in [2.05, 4.69) is 26.4 Å². The van der Waals surface area contributed by atoms with Crippen molar-refractivity contribution in [2.45, 2.75) is 6.54 Å². The smallest absolute Gasteiger partial charge is 0.161 e. The van der Waals surface area contributed by atoms with Crippen LogP contribution in [0.2, 0.25) is 0 Å². The summed E-state index contributed by atoms with van der Waals surface area (Å²) in [5.74, 6) is 1.53. The van der Waals surface area contributed by atoms with Crippen molar-refractivity contribution < 1.29 is 9.47 Å². The molecule has 0 fully saturated rings. The molecule has 13 heavy (non-hydrogen) atoms. The lowest BCUT2D eigenvalue weighted by Crippen LogP contribution is -1.98. The van der Waals surface area contributed by atoms with Crippen LogP contribution in [-0.4, -0.2) is 14.2 Å². The third kappa shape index (κ3) is 2.73. The van der Waals surface area contributed by atoms with Gasteiger partial charge in [-0.25, -0.2) is 0 Å². The van der Waals surface area contributed by atoms with Gasteiger partial charge in [0, 0.05) is 29.4 Å². The second-order valence-corrected chi connectivity index (χ2v) is 3.26. The zero-order valence-corrected chi connectivity index (χ0v) is 9.79. The molecule has 1 aromatic rings. The number of hydrogen-bond acceptors (Lipinski definition) is 3. The van der Waals surface area contributed by atoms with Gasteiger partial charge in [-0.1, -0.05) is 6.07 Å². The van der Waals surface area contributed by atoms with Gasteiger partial charge in [0.15, 0.2) is 11.5 Å². The van der Waals surface area contributed by atoms with Crippen LogP contribution in [0, 0.1) is 0 Å². The number of benzene rings is 1. The van der Waals surface area contributed by atoms with Gasteiger partial charge in [-0.3, -0.25) is 3.53 Å². The van der Waals surface area contributed by atoms with Crippen LogP contribution in [0.3, 0.4) is 0 Å². The highest BCUT2D eigenvalue weighted by Gasteiger charge is 2.03. The molecular weight excluding hydrogens is 281 g/mol. The fourth-order valence-corrected chi connectivity index (χ4v) is 1.51. The van der Waals surface area contributed by atoms with Crippen LogP contribution >= 0.6 is 22.9 Å². The molecule has 1 aromatic carbocycles. The molecule has 0 atom stereocenters. The Kier molecular flexibility index (Phi) is 4.31. The summed E-state index contributed by atoms with van der Waals surface area (Å²) in [6, 6.07) is 5.87. The molecule has 0 saturated carbocycles. The van der Waals surface area contributed by atoms with Gasteiger partial charge in [-0.15, -0.1) is 0 Å². The first kappa shape index (κ1) is 10.6. The van der Waals surface area contributed by atoms with Gasteiger partial charge in [0.1, 0.15) is 0 Å². The molecule has 0 spiro atoms. The topological polar surface area (TPSA) is 30.5 Å². The van der Waals surface area contributed by atoms with Gasteiger partial charge < -0.3 is 9.47 Å². The molecule has 0 amide bonds. The summed E-state index contributed by atoms with van der Waals surface area (Å²) in [5.41, 5.74) is 1.17. The first-order valence-electron chi connectivity index (χ1n) is 3.86. The van der Waals surface area contributed by atoms with E-state index in [-0.39, 0.29) is 0 Å². The highest BCUT2D eigenvalue weighted by Crippen LogP contribution is 2.27. The molecular formula is C9H12INO2. The maximum Gasteiger partial charge on any atom is 0.161 e. The Hall–Kier alpha value is -0.490. The van der Waals surface area contributed by atoms with E-state index in [0.29, 0.717) is 0 Å². The van der Waals surface area contributed by atoms with Crippen LogP contribution in [0.4, 0.5) is 0 Å². The van der Waals surface area contributed by atoms with E-state index >= 15 is 0 Å². The Balaban J connectivity index is 2.91. The Morgan fingerprint density at radius 1 is 1.23 bits per heavy atom. The monoisotopic (exact) mass is 293 g/mol. The standard InChI is InChI=1S/C9H12INO2/c1-12-8-4-3-7(6-11-10)5-9(8)13-2/h3-5,11H,6H2,1-2H3. The molecule has 0 unspecified atom stereocenters. The molecule has 0 saturated heterocycles. The molecule has 1 rings (SSSR count). The fourth-order valence-electron chi connectivity index (χ4n) is 1.07. The molecule has 0 aromatic heterocycles. The molecule has 4 heteroatoms. The maximum atomic E-state index is 5.17. The average Bonchev–Trinajstić information content (AvgIpc) is 2.18. The van der Waals surface area contributed by atoms with Crippen molar-refractivity contribution in [2.75, 3.05) is 14.2 Å².